The van der Waals surface area contributed by atoms with Gasteiger partial charge in [0.25, 0.3) is 0 Å². The molecule has 1 aromatic carbocycles. The minimum Gasteiger partial charge on any atom is -0.392 e. The molecule has 0 aromatic heterocycles. The summed E-state index contributed by atoms with van der Waals surface area (Å²) >= 11 is 0. The molecule has 4 nitrogen and oxygen atoms in total. The number of amides is 1. The molecule has 0 aliphatic carbocycles. The lowest BCUT2D eigenvalue weighted by atomic mass is 9.63. The molecular weight excluding hydrogens is 264 g/mol. The number of carbonyl (C=O) groups is 1. The number of hydrogen-bond acceptors (Lipinski definition) is 3. The molecule has 1 amide bonds. The highest BCUT2D eigenvalue weighted by atomic mass is 16.3. The van der Waals surface area contributed by atoms with Crippen LogP contribution in [0.3, 0.4) is 0 Å². The minimum absolute atomic E-state index is 0.249. The number of fused-ring (bicyclic) bond motifs is 2. The van der Waals surface area contributed by atoms with Crippen LogP contribution in [-0.4, -0.2) is 53.6 Å². The Morgan fingerprint density at radius 2 is 1.71 bits per heavy atom. The number of carbonyl (C=O) groups excluding carboxylic acids is 1. The zero-order chi connectivity index (χ0) is 15.1. The summed E-state index contributed by atoms with van der Waals surface area (Å²) in [5, 5.41) is 10.7. The van der Waals surface area contributed by atoms with E-state index in [1.165, 1.54) is 5.56 Å². The molecule has 3 atom stereocenters. The zero-order valence-electron chi connectivity index (χ0n) is 12.8. The van der Waals surface area contributed by atoms with E-state index in [2.05, 4.69) is 43.0 Å². The molecule has 2 bridgehead atoms. The second kappa shape index (κ2) is 5.11. The van der Waals surface area contributed by atoms with Crippen molar-refractivity contribution in [3.63, 3.8) is 0 Å². The number of aliphatic hydroxyl groups is 1. The fraction of sp³-hybridized carbons (Fsp3) is 0.588. The molecule has 0 spiro atoms. The van der Waals surface area contributed by atoms with Gasteiger partial charge in [0, 0.05) is 43.6 Å². The third kappa shape index (κ3) is 2.58. The van der Waals surface area contributed by atoms with Gasteiger partial charge in [-0.2, -0.15) is 0 Å². The number of hydrogen-bond donors (Lipinski definition) is 1. The van der Waals surface area contributed by atoms with Crippen LogP contribution in [0.1, 0.15) is 19.4 Å². The first-order valence-corrected chi connectivity index (χ1v) is 7.59. The highest BCUT2D eigenvalue weighted by Gasteiger charge is 2.55. The normalized spacial score (nSPS) is 36.5. The zero-order valence-corrected chi connectivity index (χ0v) is 12.8. The number of benzene rings is 1. The van der Waals surface area contributed by atoms with Gasteiger partial charge in [-0.3, -0.25) is 9.69 Å². The van der Waals surface area contributed by atoms with Gasteiger partial charge in [0.1, 0.15) is 0 Å². The molecule has 0 radical (unpaired) electrons. The van der Waals surface area contributed by atoms with E-state index in [1.54, 1.807) is 0 Å². The molecule has 2 saturated heterocycles. The number of likely N-dealkylation sites (tertiary alicyclic amines) is 2. The maximum absolute atomic E-state index is 11.2. The van der Waals surface area contributed by atoms with Crippen molar-refractivity contribution in [1.82, 2.24) is 9.80 Å². The van der Waals surface area contributed by atoms with Crippen LogP contribution < -0.4 is 0 Å². The Morgan fingerprint density at radius 1 is 1.14 bits per heavy atom. The van der Waals surface area contributed by atoms with E-state index in [9.17, 15) is 9.90 Å². The molecule has 2 fully saturated rings. The Kier molecular flexibility index (Phi) is 3.54. The summed E-state index contributed by atoms with van der Waals surface area (Å²) in [6.07, 6.45) is 0.572. The van der Waals surface area contributed by atoms with Gasteiger partial charge in [0.2, 0.25) is 6.41 Å². The van der Waals surface area contributed by atoms with Crippen molar-refractivity contribution < 1.29 is 9.90 Å². The number of rotatable bonds is 3. The summed E-state index contributed by atoms with van der Waals surface area (Å²) in [5.74, 6) is 0. The lowest BCUT2D eigenvalue weighted by Crippen LogP contribution is -2.69. The second-order valence-electron chi connectivity index (χ2n) is 7.35. The predicted molar refractivity (Wildman–Crippen MR) is 81.6 cm³/mol. The molecule has 21 heavy (non-hydrogen) atoms. The molecule has 2 aliphatic rings. The maximum atomic E-state index is 11.2. The van der Waals surface area contributed by atoms with Crippen molar-refractivity contribution in [2.75, 3.05) is 26.2 Å². The summed E-state index contributed by atoms with van der Waals surface area (Å²) in [6.45, 7) is 8.02. The van der Waals surface area contributed by atoms with Crippen molar-refractivity contribution in [2.24, 2.45) is 10.8 Å². The Morgan fingerprint density at radius 3 is 2.24 bits per heavy atom. The fourth-order valence-corrected chi connectivity index (χ4v) is 4.38. The molecule has 4 heteroatoms. The first-order valence-electron chi connectivity index (χ1n) is 7.59. The molecule has 1 unspecified atom stereocenters. The smallest absolute Gasteiger partial charge is 0.209 e. The van der Waals surface area contributed by atoms with Crippen molar-refractivity contribution in [3.05, 3.63) is 35.9 Å². The lowest BCUT2D eigenvalue weighted by Gasteiger charge is -2.59. The average molecular weight is 288 g/mol. The number of aliphatic hydroxyl groups excluding tert-OH is 1. The molecule has 2 aliphatic heterocycles. The summed E-state index contributed by atoms with van der Waals surface area (Å²) < 4.78 is 0. The minimum atomic E-state index is -0.353. The van der Waals surface area contributed by atoms with Crippen LogP contribution in [0.15, 0.2) is 30.3 Å². The Bertz CT molecular complexity index is 499. The van der Waals surface area contributed by atoms with Crippen LogP contribution in [0.2, 0.25) is 0 Å². The monoisotopic (exact) mass is 288 g/mol. The molecule has 1 N–H and O–H groups in total. The lowest BCUT2D eigenvalue weighted by molar-refractivity contribution is -0.177. The van der Waals surface area contributed by atoms with Gasteiger partial charge in [-0.15, -0.1) is 0 Å². The van der Waals surface area contributed by atoms with E-state index in [-0.39, 0.29) is 16.9 Å². The second-order valence-corrected chi connectivity index (χ2v) is 7.35. The van der Waals surface area contributed by atoms with Gasteiger partial charge < -0.3 is 10.0 Å². The predicted octanol–water partition coefficient (Wildman–Crippen LogP) is 1.35. The summed E-state index contributed by atoms with van der Waals surface area (Å²) in [5.41, 5.74) is 0.799. The van der Waals surface area contributed by atoms with Crippen LogP contribution >= 0.6 is 0 Å². The van der Waals surface area contributed by atoms with Crippen LogP contribution in [0.25, 0.3) is 0 Å². The summed E-state index contributed by atoms with van der Waals surface area (Å²) in [4.78, 5) is 15.4. The molecular formula is C17H24N2O2. The number of piperidine rings is 2. The third-order valence-corrected chi connectivity index (χ3v) is 5.02. The highest BCUT2D eigenvalue weighted by Crippen LogP contribution is 2.45. The van der Waals surface area contributed by atoms with E-state index in [0.29, 0.717) is 13.1 Å². The topological polar surface area (TPSA) is 43.8 Å². The van der Waals surface area contributed by atoms with E-state index in [1.807, 2.05) is 11.0 Å². The Balaban J connectivity index is 1.81. The van der Waals surface area contributed by atoms with Gasteiger partial charge in [0.15, 0.2) is 0 Å². The van der Waals surface area contributed by atoms with Crippen molar-refractivity contribution >= 4 is 6.41 Å². The standard InChI is InChI=1S/C17H24N2O2/c1-16-9-18(8-14-6-4-3-5-7-14)10-17(2,15(16)21)12-19(11-16)13-20/h3-7,13,15,21H,8-12H2,1-2H3/t15?,16-,17+. The van der Waals surface area contributed by atoms with Crippen molar-refractivity contribution in [3.8, 4) is 0 Å². The third-order valence-electron chi connectivity index (χ3n) is 5.02. The largest absolute Gasteiger partial charge is 0.392 e. The summed E-state index contributed by atoms with van der Waals surface area (Å²) in [7, 11) is 0. The van der Waals surface area contributed by atoms with Gasteiger partial charge >= 0.3 is 0 Å². The van der Waals surface area contributed by atoms with Gasteiger partial charge in [-0.05, 0) is 5.56 Å². The van der Waals surface area contributed by atoms with Crippen molar-refractivity contribution in [1.29, 1.82) is 0 Å². The fourth-order valence-electron chi connectivity index (χ4n) is 4.38. The van der Waals surface area contributed by atoms with Gasteiger partial charge in [-0.1, -0.05) is 44.2 Å². The van der Waals surface area contributed by atoms with Crippen LogP contribution in [0.4, 0.5) is 0 Å². The number of nitrogens with zero attached hydrogens (tertiary/aromatic N) is 2. The van der Waals surface area contributed by atoms with E-state index >= 15 is 0 Å². The van der Waals surface area contributed by atoms with Crippen LogP contribution in [0, 0.1) is 10.8 Å². The Labute approximate surface area is 126 Å². The first kappa shape index (κ1) is 14.5. The van der Waals surface area contributed by atoms with Crippen LogP contribution in [-0.2, 0) is 11.3 Å². The molecule has 0 saturated carbocycles. The Hall–Kier alpha value is -1.39. The molecule has 3 rings (SSSR count). The summed E-state index contributed by atoms with van der Waals surface area (Å²) in [6, 6.07) is 10.4. The maximum Gasteiger partial charge on any atom is 0.209 e. The average Bonchev–Trinajstić information content (AvgIpc) is 2.43. The van der Waals surface area contributed by atoms with E-state index in [0.717, 1.165) is 26.0 Å². The SMILES string of the molecule is C[C@]12CN(C=O)C[C@](C)(CN(Cc3ccccc3)C1)C2O. The quantitative estimate of drug-likeness (QED) is 0.854. The first-order chi connectivity index (χ1) is 9.95. The van der Waals surface area contributed by atoms with Gasteiger partial charge in [0.05, 0.1) is 6.10 Å². The van der Waals surface area contributed by atoms with Crippen molar-refractivity contribution in [2.45, 2.75) is 26.5 Å². The van der Waals surface area contributed by atoms with E-state index < -0.39 is 0 Å². The van der Waals surface area contributed by atoms with E-state index in [4.69, 9.17) is 0 Å². The molecule has 2 heterocycles. The molecule has 1 aromatic rings. The van der Waals surface area contributed by atoms with Crippen LogP contribution in [0.5, 0.6) is 0 Å². The highest BCUT2D eigenvalue weighted by molar-refractivity contribution is 5.48. The van der Waals surface area contributed by atoms with Gasteiger partial charge in [-0.25, -0.2) is 0 Å². The molecule has 114 valence electrons.